The molecule has 0 saturated heterocycles. The van der Waals surface area contributed by atoms with Gasteiger partial charge in [0, 0.05) is 10.8 Å². The van der Waals surface area contributed by atoms with Gasteiger partial charge in [-0.25, -0.2) is 0 Å². The molecule has 1 radical (unpaired) electrons. The van der Waals surface area contributed by atoms with Crippen molar-refractivity contribution in [2.75, 3.05) is 0 Å². The Labute approximate surface area is 119 Å². The molecule has 0 fully saturated rings. The van der Waals surface area contributed by atoms with Gasteiger partial charge in [0.15, 0.2) is 0 Å². The predicted molar refractivity (Wildman–Crippen MR) is 84.9 cm³/mol. The lowest BCUT2D eigenvalue weighted by Gasteiger charge is -2.17. The molecular weight excluding hydrogens is 236 g/mol. The molecular formula is C17H27S. The Hall–Kier alpha value is -0.430. The molecule has 1 rings (SSSR count). The summed E-state index contributed by atoms with van der Waals surface area (Å²) in [4.78, 5) is 1.02. The molecule has 1 unspecified atom stereocenters. The summed E-state index contributed by atoms with van der Waals surface area (Å²) in [5, 5.41) is 0. The first-order chi connectivity index (χ1) is 8.77. The lowest BCUT2D eigenvalue weighted by atomic mass is 9.89. The SMILES string of the molecule is CCCCCCC1=CC(CCCCC)C(=S)[C]=C1. The minimum atomic E-state index is 0.484. The van der Waals surface area contributed by atoms with Crippen LogP contribution in [0.15, 0.2) is 17.7 Å². The molecule has 0 nitrogen and oxygen atoms in total. The van der Waals surface area contributed by atoms with Crippen molar-refractivity contribution < 1.29 is 0 Å². The third-order valence-corrected chi connectivity index (χ3v) is 4.01. The first kappa shape index (κ1) is 15.6. The van der Waals surface area contributed by atoms with E-state index in [1.54, 1.807) is 0 Å². The maximum absolute atomic E-state index is 5.40. The van der Waals surface area contributed by atoms with Gasteiger partial charge in [-0.05, 0) is 25.3 Å². The second-order valence-electron chi connectivity index (χ2n) is 5.31. The summed E-state index contributed by atoms with van der Waals surface area (Å²) < 4.78 is 0. The maximum atomic E-state index is 5.40. The molecule has 18 heavy (non-hydrogen) atoms. The fourth-order valence-electron chi connectivity index (χ4n) is 2.39. The fourth-order valence-corrected chi connectivity index (χ4v) is 2.64. The van der Waals surface area contributed by atoms with Crippen LogP contribution in [0.25, 0.3) is 0 Å². The molecule has 1 aliphatic rings. The number of hydrogen-bond donors (Lipinski definition) is 0. The Balaban J connectivity index is 2.35. The van der Waals surface area contributed by atoms with Crippen LogP contribution in [0.3, 0.4) is 0 Å². The van der Waals surface area contributed by atoms with E-state index < -0.39 is 0 Å². The van der Waals surface area contributed by atoms with Gasteiger partial charge in [-0.2, -0.15) is 0 Å². The molecule has 1 heteroatoms. The largest absolute Gasteiger partial charge is 0.0836 e. The maximum Gasteiger partial charge on any atom is 0.0299 e. The Kier molecular flexibility index (Phi) is 8.24. The number of unbranched alkanes of at least 4 members (excludes halogenated alkanes) is 5. The van der Waals surface area contributed by atoms with Crippen molar-refractivity contribution >= 4 is 17.1 Å². The molecule has 0 spiro atoms. The van der Waals surface area contributed by atoms with Crippen molar-refractivity contribution in [1.29, 1.82) is 0 Å². The van der Waals surface area contributed by atoms with Crippen LogP contribution >= 0.6 is 12.2 Å². The molecule has 1 atom stereocenters. The van der Waals surface area contributed by atoms with Gasteiger partial charge < -0.3 is 0 Å². The topological polar surface area (TPSA) is 0 Å². The Bertz CT molecular complexity index is 299. The summed E-state index contributed by atoms with van der Waals surface area (Å²) in [6.07, 6.45) is 19.5. The van der Waals surface area contributed by atoms with Gasteiger partial charge in [0.1, 0.15) is 0 Å². The van der Waals surface area contributed by atoms with Crippen LogP contribution in [0.4, 0.5) is 0 Å². The second-order valence-corrected chi connectivity index (χ2v) is 5.75. The van der Waals surface area contributed by atoms with E-state index in [1.807, 2.05) is 0 Å². The second kappa shape index (κ2) is 9.49. The molecule has 0 aromatic carbocycles. The molecule has 0 aliphatic heterocycles. The molecule has 0 aromatic rings. The van der Waals surface area contributed by atoms with Gasteiger partial charge in [0.05, 0.1) is 0 Å². The average Bonchev–Trinajstić information content (AvgIpc) is 2.38. The van der Waals surface area contributed by atoms with Crippen molar-refractivity contribution in [3.05, 3.63) is 23.8 Å². The van der Waals surface area contributed by atoms with Crippen LogP contribution < -0.4 is 0 Å². The minimum Gasteiger partial charge on any atom is -0.0836 e. The van der Waals surface area contributed by atoms with Gasteiger partial charge in [0.25, 0.3) is 0 Å². The highest BCUT2D eigenvalue weighted by Gasteiger charge is 2.14. The first-order valence-electron chi connectivity index (χ1n) is 7.62. The summed E-state index contributed by atoms with van der Waals surface area (Å²) in [6.45, 7) is 4.51. The zero-order chi connectivity index (χ0) is 13.2. The summed E-state index contributed by atoms with van der Waals surface area (Å²) in [7, 11) is 0. The molecule has 0 N–H and O–H groups in total. The van der Waals surface area contributed by atoms with Crippen molar-refractivity contribution in [3.63, 3.8) is 0 Å². The monoisotopic (exact) mass is 263 g/mol. The van der Waals surface area contributed by atoms with E-state index in [2.05, 4.69) is 32.1 Å². The Morgan fingerprint density at radius 3 is 2.50 bits per heavy atom. The highest BCUT2D eigenvalue weighted by molar-refractivity contribution is 7.80. The predicted octanol–water partition coefficient (Wildman–Crippen LogP) is 5.82. The van der Waals surface area contributed by atoms with E-state index in [1.165, 1.54) is 63.4 Å². The van der Waals surface area contributed by atoms with Crippen LogP contribution in [0.1, 0.15) is 71.6 Å². The lowest BCUT2D eigenvalue weighted by Crippen LogP contribution is -2.12. The normalized spacial score (nSPS) is 19.1. The van der Waals surface area contributed by atoms with Gasteiger partial charge in [-0.3, -0.25) is 0 Å². The van der Waals surface area contributed by atoms with E-state index in [0.29, 0.717) is 5.92 Å². The minimum absolute atomic E-state index is 0.484. The number of thiocarbonyl (C=S) groups is 1. The van der Waals surface area contributed by atoms with Crippen LogP contribution in [0.2, 0.25) is 0 Å². The van der Waals surface area contributed by atoms with Gasteiger partial charge >= 0.3 is 0 Å². The summed E-state index contributed by atoms with van der Waals surface area (Å²) in [6, 6.07) is 0. The van der Waals surface area contributed by atoms with Crippen molar-refractivity contribution in [3.8, 4) is 0 Å². The summed E-state index contributed by atoms with van der Waals surface area (Å²) >= 11 is 5.40. The zero-order valence-corrected chi connectivity index (χ0v) is 12.8. The van der Waals surface area contributed by atoms with Crippen molar-refractivity contribution in [1.82, 2.24) is 0 Å². The third kappa shape index (κ3) is 5.95. The standard InChI is InChI=1S/C17H27S/c1-3-5-7-9-10-15-12-13-17(18)16(14-15)11-8-6-4-2/h12,14,16H,3-11H2,1-2H3. The van der Waals surface area contributed by atoms with Crippen LogP contribution in [0, 0.1) is 12.0 Å². The highest BCUT2D eigenvalue weighted by atomic mass is 32.1. The zero-order valence-electron chi connectivity index (χ0n) is 12.0. The van der Waals surface area contributed by atoms with Crippen molar-refractivity contribution in [2.45, 2.75) is 71.6 Å². The summed E-state index contributed by atoms with van der Waals surface area (Å²) in [5.41, 5.74) is 1.46. The van der Waals surface area contributed by atoms with Gasteiger partial charge in [-0.15, -0.1) is 0 Å². The van der Waals surface area contributed by atoms with Crippen LogP contribution in [-0.2, 0) is 0 Å². The Morgan fingerprint density at radius 2 is 1.78 bits per heavy atom. The van der Waals surface area contributed by atoms with E-state index in [-0.39, 0.29) is 0 Å². The van der Waals surface area contributed by atoms with E-state index in [9.17, 15) is 0 Å². The lowest BCUT2D eigenvalue weighted by molar-refractivity contribution is 0.624. The quantitative estimate of drug-likeness (QED) is 0.373. The number of rotatable bonds is 9. The van der Waals surface area contributed by atoms with Crippen molar-refractivity contribution in [2.24, 2.45) is 5.92 Å². The first-order valence-corrected chi connectivity index (χ1v) is 8.03. The molecule has 101 valence electrons. The smallest absolute Gasteiger partial charge is 0.0299 e. The van der Waals surface area contributed by atoms with Gasteiger partial charge in [0.2, 0.25) is 0 Å². The number of hydrogen-bond acceptors (Lipinski definition) is 1. The number of allylic oxidation sites excluding steroid dienone is 4. The third-order valence-electron chi connectivity index (χ3n) is 3.59. The van der Waals surface area contributed by atoms with E-state index in [0.717, 1.165) is 4.86 Å². The van der Waals surface area contributed by atoms with E-state index in [4.69, 9.17) is 12.2 Å². The summed E-state index contributed by atoms with van der Waals surface area (Å²) in [5.74, 6) is 0.484. The van der Waals surface area contributed by atoms with E-state index >= 15 is 0 Å². The molecule has 0 amide bonds. The average molecular weight is 263 g/mol. The molecule has 0 aromatic heterocycles. The molecule has 1 aliphatic carbocycles. The molecule has 0 bridgehead atoms. The molecule has 0 saturated carbocycles. The Morgan fingerprint density at radius 1 is 1.06 bits per heavy atom. The molecule has 0 heterocycles. The van der Waals surface area contributed by atoms with Crippen LogP contribution in [-0.4, -0.2) is 4.86 Å². The van der Waals surface area contributed by atoms with Crippen LogP contribution in [0.5, 0.6) is 0 Å². The fraction of sp³-hybridized carbons (Fsp3) is 0.706. The highest BCUT2D eigenvalue weighted by Crippen LogP contribution is 2.23. The van der Waals surface area contributed by atoms with Gasteiger partial charge in [-0.1, -0.05) is 82.3 Å².